The quantitative estimate of drug-likeness (QED) is 0.330. The number of unbranched alkanes of at least 4 members (excludes halogenated alkanes) is 1. The fourth-order valence-corrected chi connectivity index (χ4v) is 4.57. The van der Waals surface area contributed by atoms with Crippen LogP contribution in [0.25, 0.3) is 11.0 Å². The SMILES string of the molecule is Cc1ccc(N2C[C@H](c3nc4ccccc4n3CCCCOc3ccccc3)CC2=O)cc1. The predicted molar refractivity (Wildman–Crippen MR) is 132 cm³/mol. The average molecular weight is 440 g/mol. The lowest BCUT2D eigenvalue weighted by atomic mass is 10.1. The third kappa shape index (κ3) is 4.63. The number of nitrogens with zero attached hydrogens (tertiary/aromatic N) is 3. The van der Waals surface area contributed by atoms with E-state index in [-0.39, 0.29) is 11.8 Å². The minimum atomic E-state index is 0.0896. The zero-order valence-corrected chi connectivity index (χ0v) is 19.0. The number of rotatable bonds is 8. The van der Waals surface area contributed by atoms with E-state index >= 15 is 0 Å². The van der Waals surface area contributed by atoms with Crippen LogP contribution in [0.2, 0.25) is 0 Å². The maximum atomic E-state index is 12.9. The molecule has 1 amide bonds. The summed E-state index contributed by atoms with van der Waals surface area (Å²) in [5.41, 5.74) is 4.29. The van der Waals surface area contributed by atoms with Gasteiger partial charge in [-0.2, -0.15) is 0 Å². The molecule has 4 aromatic rings. The normalized spacial score (nSPS) is 16.0. The number of amides is 1. The minimum absolute atomic E-state index is 0.0896. The van der Waals surface area contributed by atoms with Gasteiger partial charge in [0.05, 0.1) is 17.6 Å². The van der Waals surface area contributed by atoms with E-state index < -0.39 is 0 Å². The van der Waals surface area contributed by atoms with Crippen molar-refractivity contribution in [2.24, 2.45) is 0 Å². The molecule has 0 bridgehead atoms. The van der Waals surface area contributed by atoms with Crippen LogP contribution in [-0.4, -0.2) is 28.6 Å². The number of fused-ring (bicyclic) bond motifs is 1. The summed E-state index contributed by atoms with van der Waals surface area (Å²) < 4.78 is 8.17. The van der Waals surface area contributed by atoms with E-state index in [4.69, 9.17) is 9.72 Å². The molecule has 0 unspecified atom stereocenters. The second-order valence-electron chi connectivity index (χ2n) is 8.72. The van der Waals surface area contributed by atoms with Gasteiger partial charge >= 0.3 is 0 Å². The molecular weight excluding hydrogens is 410 g/mol. The average Bonchev–Trinajstić information content (AvgIpc) is 3.41. The standard InChI is InChI=1S/C28H29N3O2/c1-21-13-15-23(16-14-21)31-20-22(19-27(31)32)28-29-25-11-5-6-12-26(25)30(28)17-7-8-18-33-24-9-3-2-4-10-24/h2-6,9-16,22H,7-8,17-20H2,1H3/t22-/m1/s1. The predicted octanol–water partition coefficient (Wildman–Crippen LogP) is 5.72. The Kier molecular flexibility index (Phi) is 6.11. The minimum Gasteiger partial charge on any atom is -0.494 e. The Labute approximate surface area is 194 Å². The Hall–Kier alpha value is -3.60. The monoisotopic (exact) mass is 439 g/mol. The third-order valence-corrected chi connectivity index (χ3v) is 6.31. The number of aromatic nitrogens is 2. The van der Waals surface area contributed by atoms with Crippen LogP contribution in [0.15, 0.2) is 78.9 Å². The molecule has 5 nitrogen and oxygen atoms in total. The van der Waals surface area contributed by atoms with Crippen LogP contribution in [0.1, 0.15) is 36.6 Å². The number of benzene rings is 3. The van der Waals surface area contributed by atoms with Gasteiger partial charge in [-0.3, -0.25) is 4.79 Å². The van der Waals surface area contributed by atoms with Crippen LogP contribution in [0.5, 0.6) is 5.75 Å². The van der Waals surface area contributed by atoms with Gasteiger partial charge in [0.2, 0.25) is 5.91 Å². The highest BCUT2D eigenvalue weighted by molar-refractivity contribution is 5.96. The van der Waals surface area contributed by atoms with Gasteiger partial charge in [0.25, 0.3) is 0 Å². The Morgan fingerprint density at radius 3 is 2.52 bits per heavy atom. The van der Waals surface area contributed by atoms with Gasteiger partial charge in [-0.1, -0.05) is 48.0 Å². The number of carbonyl (C=O) groups excluding carboxylic acids is 1. The van der Waals surface area contributed by atoms with Gasteiger partial charge in [-0.25, -0.2) is 4.98 Å². The van der Waals surface area contributed by atoms with Gasteiger partial charge < -0.3 is 14.2 Å². The molecule has 1 saturated heterocycles. The van der Waals surface area contributed by atoms with Crippen LogP contribution >= 0.6 is 0 Å². The molecule has 0 N–H and O–H groups in total. The van der Waals surface area contributed by atoms with E-state index in [9.17, 15) is 4.79 Å². The molecule has 0 saturated carbocycles. The second-order valence-corrected chi connectivity index (χ2v) is 8.72. The van der Waals surface area contributed by atoms with E-state index in [2.05, 4.69) is 41.8 Å². The number of imidazole rings is 1. The molecule has 1 aromatic heterocycles. The van der Waals surface area contributed by atoms with Crippen LogP contribution in [0, 0.1) is 6.92 Å². The first-order valence-corrected chi connectivity index (χ1v) is 11.7. The topological polar surface area (TPSA) is 47.4 Å². The number of hydrogen-bond donors (Lipinski definition) is 0. The summed E-state index contributed by atoms with van der Waals surface area (Å²) in [4.78, 5) is 19.8. The molecule has 5 heteroatoms. The fraction of sp³-hybridized carbons (Fsp3) is 0.286. The first-order chi connectivity index (χ1) is 16.2. The number of ether oxygens (including phenoxy) is 1. The Morgan fingerprint density at radius 1 is 0.939 bits per heavy atom. The van der Waals surface area contributed by atoms with E-state index in [0.29, 0.717) is 19.6 Å². The number of hydrogen-bond acceptors (Lipinski definition) is 3. The summed E-state index contributed by atoms with van der Waals surface area (Å²) in [5.74, 6) is 2.18. The zero-order chi connectivity index (χ0) is 22.6. The summed E-state index contributed by atoms with van der Waals surface area (Å²) in [5, 5.41) is 0. The molecule has 1 aliphatic rings. The van der Waals surface area contributed by atoms with Crippen molar-refractivity contribution in [3.63, 3.8) is 0 Å². The fourth-order valence-electron chi connectivity index (χ4n) is 4.57. The number of carbonyl (C=O) groups is 1. The van der Waals surface area contributed by atoms with Gasteiger partial charge in [0.15, 0.2) is 0 Å². The number of anilines is 1. The molecular formula is C28H29N3O2. The summed E-state index contributed by atoms with van der Waals surface area (Å²) in [6.45, 7) is 4.28. The molecule has 1 fully saturated rings. The molecule has 0 radical (unpaired) electrons. The van der Waals surface area contributed by atoms with Crippen molar-refractivity contribution < 1.29 is 9.53 Å². The van der Waals surface area contributed by atoms with Crippen LogP contribution in [-0.2, 0) is 11.3 Å². The molecule has 33 heavy (non-hydrogen) atoms. The van der Waals surface area contributed by atoms with Gasteiger partial charge in [-0.15, -0.1) is 0 Å². The molecule has 1 atom stereocenters. The van der Waals surface area contributed by atoms with Crippen molar-refractivity contribution >= 4 is 22.6 Å². The lowest BCUT2D eigenvalue weighted by Crippen LogP contribution is -2.24. The van der Waals surface area contributed by atoms with Crippen molar-refractivity contribution in [1.29, 1.82) is 0 Å². The molecule has 168 valence electrons. The number of aryl methyl sites for hydroxylation is 2. The largest absolute Gasteiger partial charge is 0.494 e. The van der Waals surface area contributed by atoms with Gasteiger partial charge in [0.1, 0.15) is 11.6 Å². The lowest BCUT2D eigenvalue weighted by Gasteiger charge is -2.18. The van der Waals surface area contributed by atoms with Crippen molar-refractivity contribution in [2.75, 3.05) is 18.1 Å². The van der Waals surface area contributed by atoms with Crippen molar-refractivity contribution in [2.45, 2.75) is 38.6 Å². The van der Waals surface area contributed by atoms with Crippen molar-refractivity contribution in [3.8, 4) is 5.75 Å². The van der Waals surface area contributed by atoms with Crippen molar-refractivity contribution in [3.05, 3.63) is 90.3 Å². The van der Waals surface area contributed by atoms with E-state index in [0.717, 1.165) is 47.7 Å². The molecule has 5 rings (SSSR count). The lowest BCUT2D eigenvalue weighted by molar-refractivity contribution is -0.117. The molecule has 2 heterocycles. The molecule has 3 aromatic carbocycles. The summed E-state index contributed by atoms with van der Waals surface area (Å²) >= 11 is 0. The van der Waals surface area contributed by atoms with Crippen LogP contribution in [0.4, 0.5) is 5.69 Å². The number of para-hydroxylation sites is 3. The Morgan fingerprint density at radius 2 is 1.70 bits per heavy atom. The van der Waals surface area contributed by atoms with E-state index in [1.165, 1.54) is 5.56 Å². The third-order valence-electron chi connectivity index (χ3n) is 6.31. The van der Waals surface area contributed by atoms with Gasteiger partial charge in [-0.05, 0) is 56.2 Å². The van der Waals surface area contributed by atoms with Crippen LogP contribution in [0.3, 0.4) is 0 Å². The Bertz CT molecular complexity index is 1230. The zero-order valence-electron chi connectivity index (χ0n) is 19.0. The van der Waals surface area contributed by atoms with Crippen molar-refractivity contribution in [1.82, 2.24) is 9.55 Å². The maximum Gasteiger partial charge on any atom is 0.227 e. The van der Waals surface area contributed by atoms with Crippen LogP contribution < -0.4 is 9.64 Å². The second kappa shape index (κ2) is 9.49. The smallest absolute Gasteiger partial charge is 0.227 e. The Balaban J connectivity index is 1.30. The van der Waals surface area contributed by atoms with E-state index in [1.807, 2.05) is 53.4 Å². The first kappa shape index (κ1) is 21.3. The molecule has 1 aliphatic heterocycles. The highest BCUT2D eigenvalue weighted by Gasteiger charge is 2.34. The summed E-state index contributed by atoms with van der Waals surface area (Å²) in [7, 11) is 0. The van der Waals surface area contributed by atoms with Gasteiger partial charge in [0, 0.05) is 31.1 Å². The first-order valence-electron chi connectivity index (χ1n) is 11.7. The summed E-state index contributed by atoms with van der Waals surface area (Å²) in [6.07, 6.45) is 2.44. The summed E-state index contributed by atoms with van der Waals surface area (Å²) in [6, 6.07) is 26.4. The highest BCUT2D eigenvalue weighted by atomic mass is 16.5. The maximum absolute atomic E-state index is 12.9. The van der Waals surface area contributed by atoms with E-state index in [1.54, 1.807) is 0 Å². The molecule has 0 aliphatic carbocycles. The molecule has 0 spiro atoms. The highest BCUT2D eigenvalue weighted by Crippen LogP contribution is 2.33.